The minimum Gasteiger partial charge on any atom is -1.00 e. The zero-order valence-corrected chi connectivity index (χ0v) is 12.6. The van der Waals surface area contributed by atoms with Gasteiger partial charge in [-0.25, -0.2) is 0 Å². The van der Waals surface area contributed by atoms with E-state index in [9.17, 15) is 0 Å². The molecule has 0 amide bonds. The van der Waals surface area contributed by atoms with Crippen molar-refractivity contribution in [2.75, 3.05) is 0 Å². The fourth-order valence-electron chi connectivity index (χ4n) is 1.38. The largest absolute Gasteiger partial charge is 1.00 e. The summed E-state index contributed by atoms with van der Waals surface area (Å²) in [6, 6.07) is 0. The Morgan fingerprint density at radius 3 is 2.21 bits per heavy atom. The maximum absolute atomic E-state index is 2.30. The fourth-order valence-corrected chi connectivity index (χ4v) is 3.38. The van der Waals surface area contributed by atoms with Crippen LogP contribution in [0.5, 0.6) is 0 Å². The number of thioether (sulfide) groups is 1. The summed E-state index contributed by atoms with van der Waals surface area (Å²) in [5.74, 6) is 0. The van der Waals surface area contributed by atoms with Gasteiger partial charge in [-0.2, -0.15) is 0 Å². The van der Waals surface area contributed by atoms with Crippen molar-refractivity contribution in [2.24, 2.45) is 0 Å². The van der Waals surface area contributed by atoms with Crippen molar-refractivity contribution in [1.82, 2.24) is 0 Å². The summed E-state index contributed by atoms with van der Waals surface area (Å²) in [6.45, 7) is 6.82. The van der Waals surface area contributed by atoms with Crippen LogP contribution in [0.25, 0.3) is 0 Å². The van der Waals surface area contributed by atoms with E-state index in [-0.39, 0.29) is 24.8 Å². The summed E-state index contributed by atoms with van der Waals surface area (Å²) in [6.07, 6.45) is 5.72. The molecule has 14 heavy (non-hydrogen) atoms. The molecule has 79 valence electrons. The molecule has 0 aromatic heterocycles. The van der Waals surface area contributed by atoms with Crippen molar-refractivity contribution in [1.29, 1.82) is 0 Å². The van der Waals surface area contributed by atoms with Crippen molar-refractivity contribution >= 4 is 11.8 Å². The van der Waals surface area contributed by atoms with Gasteiger partial charge in [-0.1, -0.05) is 0 Å². The van der Waals surface area contributed by atoms with E-state index in [4.69, 9.17) is 0 Å². The minimum atomic E-state index is 0. The van der Waals surface area contributed by atoms with Crippen molar-refractivity contribution in [3.8, 4) is 0 Å². The van der Waals surface area contributed by atoms with Crippen LogP contribution in [0.1, 0.15) is 27.2 Å². The number of allylic oxidation sites excluding steroid dienone is 3. The van der Waals surface area contributed by atoms with Crippen LogP contribution in [0, 0.1) is 0 Å². The van der Waals surface area contributed by atoms with Crippen LogP contribution < -0.4 is 24.8 Å². The van der Waals surface area contributed by atoms with Gasteiger partial charge in [0.15, 0.2) is 0 Å². The molecule has 0 nitrogen and oxygen atoms in total. The van der Waals surface area contributed by atoms with Crippen LogP contribution in [-0.2, 0) is 20.4 Å². The Balaban J connectivity index is 0. The number of halogens is 2. The normalized spacial score (nSPS) is 16.7. The van der Waals surface area contributed by atoms with Gasteiger partial charge in [-0.15, -0.1) is 0 Å². The first-order chi connectivity index (χ1) is 5.61. The topological polar surface area (TPSA) is 0 Å². The van der Waals surface area contributed by atoms with Crippen LogP contribution in [-0.4, -0.2) is 10.5 Å². The van der Waals surface area contributed by atoms with Gasteiger partial charge in [-0.3, -0.25) is 0 Å². The minimum absolute atomic E-state index is 0. The van der Waals surface area contributed by atoms with E-state index in [1.54, 1.807) is 9.45 Å². The summed E-state index contributed by atoms with van der Waals surface area (Å²) >= 11 is 4.29. The molecule has 1 unspecified atom stereocenters. The van der Waals surface area contributed by atoms with E-state index in [0.717, 1.165) is 5.25 Å². The Labute approximate surface area is 116 Å². The molecule has 1 aliphatic carbocycles. The van der Waals surface area contributed by atoms with Crippen molar-refractivity contribution in [3.05, 3.63) is 21.6 Å². The molecular formula is C10H15Cl2STi. The summed E-state index contributed by atoms with van der Waals surface area (Å²) in [7, 11) is 0. The fraction of sp³-hybridized carbons (Fsp3) is 0.600. The third-order valence-electron chi connectivity index (χ3n) is 1.88. The van der Waals surface area contributed by atoms with Crippen LogP contribution >= 0.6 is 11.8 Å². The molecule has 1 rings (SSSR count). The average molecular weight is 286 g/mol. The second kappa shape index (κ2) is 8.30. The maximum Gasteiger partial charge on any atom is -1.00 e. The quantitative estimate of drug-likeness (QED) is 0.508. The van der Waals surface area contributed by atoms with E-state index in [0.29, 0.717) is 5.25 Å². The van der Waals surface area contributed by atoms with E-state index < -0.39 is 0 Å². The van der Waals surface area contributed by atoms with Crippen LogP contribution in [0.4, 0.5) is 0 Å². The summed E-state index contributed by atoms with van der Waals surface area (Å²) in [5.41, 5.74) is 1.55. The van der Waals surface area contributed by atoms with Gasteiger partial charge in [-0.05, 0) is 0 Å². The molecule has 0 heterocycles. The summed E-state index contributed by atoms with van der Waals surface area (Å²) in [4.78, 5) is 0. The Morgan fingerprint density at radius 2 is 1.86 bits per heavy atom. The monoisotopic (exact) mass is 285 g/mol. The molecular weight excluding hydrogens is 271 g/mol. The molecule has 0 bridgehead atoms. The molecule has 4 heteroatoms. The summed E-state index contributed by atoms with van der Waals surface area (Å²) in [5, 5.41) is 1.40. The van der Waals surface area contributed by atoms with E-state index >= 15 is 0 Å². The zero-order chi connectivity index (χ0) is 9.14. The standard InChI is InChI=1S/C10H15S.2ClH.Ti/c1-8(2)11-9(3)10-6-4-5-7-10;;;/h4,6,8-9H,5H2,1-3H3;2*1H;/q;;;+2/p-2. The number of hydrogen-bond acceptors (Lipinski definition) is 1. The Hall–Kier alpha value is 1.12. The van der Waals surface area contributed by atoms with Gasteiger partial charge in [0.05, 0.1) is 0 Å². The van der Waals surface area contributed by atoms with Gasteiger partial charge in [0.25, 0.3) is 0 Å². The molecule has 0 radical (unpaired) electrons. The predicted octanol–water partition coefficient (Wildman–Crippen LogP) is -2.71. The molecule has 0 saturated heterocycles. The molecule has 0 aromatic carbocycles. The first-order valence-corrected chi connectivity index (χ1v) is 6.10. The van der Waals surface area contributed by atoms with Crippen LogP contribution in [0.2, 0.25) is 0 Å². The average Bonchev–Trinajstić information content (AvgIpc) is 2.33. The van der Waals surface area contributed by atoms with Crippen LogP contribution in [0.3, 0.4) is 0 Å². The van der Waals surface area contributed by atoms with Gasteiger partial charge < -0.3 is 24.8 Å². The van der Waals surface area contributed by atoms with Gasteiger partial charge in [0.2, 0.25) is 0 Å². The molecule has 0 aromatic rings. The molecule has 0 N–H and O–H groups in total. The molecule has 1 atom stereocenters. The van der Waals surface area contributed by atoms with Crippen molar-refractivity contribution < 1.29 is 45.2 Å². The third kappa shape index (κ3) is 5.27. The van der Waals surface area contributed by atoms with Gasteiger partial charge >= 0.3 is 91.5 Å². The zero-order valence-electron chi connectivity index (χ0n) is 8.68. The summed E-state index contributed by atoms with van der Waals surface area (Å²) < 4.78 is 1.55. The van der Waals surface area contributed by atoms with Crippen LogP contribution in [0.15, 0.2) is 21.6 Å². The third-order valence-corrected chi connectivity index (χ3v) is 3.86. The van der Waals surface area contributed by atoms with Gasteiger partial charge in [0, 0.05) is 0 Å². The molecule has 0 fully saturated rings. The van der Waals surface area contributed by atoms with Crippen molar-refractivity contribution in [2.45, 2.75) is 37.7 Å². The first-order valence-electron chi connectivity index (χ1n) is 4.38. The predicted molar refractivity (Wildman–Crippen MR) is 53.0 cm³/mol. The number of rotatable bonds is 3. The second-order valence-electron chi connectivity index (χ2n) is 3.37. The Kier molecular flexibility index (Phi) is 10.4. The number of hydrogen-bond donors (Lipinski definition) is 0. The maximum atomic E-state index is 2.30. The van der Waals surface area contributed by atoms with E-state index in [2.05, 4.69) is 53.4 Å². The molecule has 1 aliphatic rings. The van der Waals surface area contributed by atoms with E-state index in [1.165, 1.54) is 6.42 Å². The second-order valence-corrected chi connectivity index (χ2v) is 6.23. The van der Waals surface area contributed by atoms with E-state index in [1.807, 2.05) is 11.8 Å². The first kappa shape index (κ1) is 17.5. The van der Waals surface area contributed by atoms with Crippen molar-refractivity contribution in [3.63, 3.8) is 0 Å². The molecule has 0 saturated carbocycles. The SMILES string of the molecule is CC(C)SC(C)C1=[C]([Ti+2])CC=C1.[Cl-].[Cl-]. The Morgan fingerprint density at radius 1 is 1.29 bits per heavy atom. The van der Waals surface area contributed by atoms with Gasteiger partial charge in [0.1, 0.15) is 0 Å². The Bertz CT molecular complexity index is 224. The molecule has 0 aliphatic heterocycles. The smallest absolute Gasteiger partial charge is 1.00 e. The molecule has 0 spiro atoms.